The average molecular weight is 258 g/mol. The van der Waals surface area contributed by atoms with E-state index in [4.69, 9.17) is 0 Å². The maximum Gasteiger partial charge on any atom is 0.0219 e. The van der Waals surface area contributed by atoms with E-state index in [0.29, 0.717) is 6.04 Å². The van der Waals surface area contributed by atoms with Gasteiger partial charge in [-0.05, 0) is 27.2 Å². The van der Waals surface area contributed by atoms with Gasteiger partial charge in [-0.15, -0.1) is 0 Å². The molecule has 0 radical (unpaired) electrons. The summed E-state index contributed by atoms with van der Waals surface area (Å²) in [4.78, 5) is 2.69. The van der Waals surface area contributed by atoms with Gasteiger partial charge in [0.05, 0.1) is 0 Å². The van der Waals surface area contributed by atoms with Crippen LogP contribution in [0.5, 0.6) is 0 Å². The van der Waals surface area contributed by atoms with Gasteiger partial charge in [0.2, 0.25) is 0 Å². The van der Waals surface area contributed by atoms with Gasteiger partial charge in [0.15, 0.2) is 0 Å². The molecule has 0 saturated carbocycles. The maximum absolute atomic E-state index is 3.65. The first-order valence-electron chi connectivity index (χ1n) is 6.96. The fourth-order valence-corrected chi connectivity index (χ4v) is 3.82. The van der Waals surface area contributed by atoms with Gasteiger partial charge in [-0.3, -0.25) is 4.90 Å². The Kier molecular flexibility index (Phi) is 5.81. The molecule has 3 heteroatoms. The summed E-state index contributed by atoms with van der Waals surface area (Å²) in [5.41, 5.74) is 0.231. The number of nitrogens with zero attached hydrogens (tertiary/aromatic N) is 1. The van der Waals surface area contributed by atoms with Crippen molar-refractivity contribution in [2.45, 2.75) is 70.0 Å². The van der Waals surface area contributed by atoms with E-state index in [1.807, 2.05) is 0 Å². The van der Waals surface area contributed by atoms with Gasteiger partial charge < -0.3 is 5.32 Å². The minimum Gasteiger partial charge on any atom is -0.311 e. The molecule has 3 atom stereocenters. The third-order valence-corrected chi connectivity index (χ3v) is 4.53. The lowest BCUT2D eigenvalue weighted by atomic mass is 10.1. The SMILES string of the molecule is CCC(CNC(C)(C)C)N1CC(C)SC(C)C1. The van der Waals surface area contributed by atoms with E-state index >= 15 is 0 Å². The van der Waals surface area contributed by atoms with Gasteiger partial charge in [-0.1, -0.05) is 20.8 Å². The summed E-state index contributed by atoms with van der Waals surface area (Å²) in [5.74, 6) is 0. The lowest BCUT2D eigenvalue weighted by molar-refractivity contribution is 0.175. The molecule has 0 aromatic rings. The smallest absolute Gasteiger partial charge is 0.0219 e. The monoisotopic (exact) mass is 258 g/mol. The van der Waals surface area contributed by atoms with Gasteiger partial charge in [0, 0.05) is 41.7 Å². The van der Waals surface area contributed by atoms with Crippen molar-refractivity contribution in [1.29, 1.82) is 0 Å². The molecular formula is C14H30N2S. The molecule has 0 aromatic carbocycles. The Balaban J connectivity index is 2.48. The highest BCUT2D eigenvalue weighted by Crippen LogP contribution is 2.26. The van der Waals surface area contributed by atoms with Crippen LogP contribution in [0.4, 0.5) is 0 Å². The van der Waals surface area contributed by atoms with E-state index in [2.05, 4.69) is 63.5 Å². The molecule has 1 rings (SSSR count). The molecule has 17 heavy (non-hydrogen) atoms. The molecule has 0 spiro atoms. The number of hydrogen-bond donors (Lipinski definition) is 1. The first kappa shape index (κ1) is 15.3. The van der Waals surface area contributed by atoms with E-state index in [1.54, 1.807) is 0 Å². The number of rotatable bonds is 4. The zero-order valence-corrected chi connectivity index (χ0v) is 13.2. The van der Waals surface area contributed by atoms with Gasteiger partial charge in [0.25, 0.3) is 0 Å². The molecule has 1 aliphatic heterocycles. The van der Waals surface area contributed by atoms with Crippen molar-refractivity contribution >= 4 is 11.8 Å². The normalized spacial score (nSPS) is 29.3. The van der Waals surface area contributed by atoms with Crippen LogP contribution < -0.4 is 5.32 Å². The highest BCUT2D eigenvalue weighted by Gasteiger charge is 2.27. The summed E-state index contributed by atoms with van der Waals surface area (Å²) in [6, 6.07) is 0.694. The highest BCUT2D eigenvalue weighted by atomic mass is 32.2. The first-order chi connectivity index (χ1) is 7.81. The number of hydrogen-bond acceptors (Lipinski definition) is 3. The summed E-state index contributed by atoms with van der Waals surface area (Å²) >= 11 is 2.13. The summed E-state index contributed by atoms with van der Waals surface area (Å²) in [6.45, 7) is 17.4. The summed E-state index contributed by atoms with van der Waals surface area (Å²) < 4.78 is 0. The molecule has 0 aromatic heterocycles. The average Bonchev–Trinajstić information content (AvgIpc) is 2.15. The molecule has 2 nitrogen and oxygen atoms in total. The minimum absolute atomic E-state index is 0.231. The van der Waals surface area contributed by atoms with Crippen LogP contribution in [0.25, 0.3) is 0 Å². The zero-order valence-electron chi connectivity index (χ0n) is 12.4. The van der Waals surface area contributed by atoms with Crippen molar-refractivity contribution < 1.29 is 0 Å². The van der Waals surface area contributed by atoms with Crippen molar-refractivity contribution in [2.75, 3.05) is 19.6 Å². The van der Waals surface area contributed by atoms with Crippen LogP contribution in [-0.2, 0) is 0 Å². The van der Waals surface area contributed by atoms with Crippen LogP contribution in [0.15, 0.2) is 0 Å². The fourth-order valence-electron chi connectivity index (χ4n) is 2.47. The van der Waals surface area contributed by atoms with Crippen LogP contribution in [-0.4, -0.2) is 46.6 Å². The van der Waals surface area contributed by atoms with E-state index < -0.39 is 0 Å². The van der Waals surface area contributed by atoms with Gasteiger partial charge in [-0.2, -0.15) is 11.8 Å². The molecule has 3 unspecified atom stereocenters. The largest absolute Gasteiger partial charge is 0.311 e. The van der Waals surface area contributed by atoms with Crippen molar-refractivity contribution in [3.63, 3.8) is 0 Å². The summed E-state index contributed by atoms with van der Waals surface area (Å²) in [6.07, 6.45) is 1.24. The predicted octanol–water partition coefficient (Wildman–Crippen LogP) is 2.98. The lowest BCUT2D eigenvalue weighted by Crippen LogP contribution is -2.52. The molecular weight excluding hydrogens is 228 g/mol. The highest BCUT2D eigenvalue weighted by molar-refractivity contribution is 8.00. The van der Waals surface area contributed by atoms with E-state index in [9.17, 15) is 0 Å². The van der Waals surface area contributed by atoms with Crippen molar-refractivity contribution in [3.8, 4) is 0 Å². The lowest BCUT2D eigenvalue weighted by Gasteiger charge is -2.40. The number of nitrogens with one attached hydrogen (secondary N) is 1. The van der Waals surface area contributed by atoms with Crippen LogP contribution >= 0.6 is 11.8 Å². The van der Waals surface area contributed by atoms with E-state index in [0.717, 1.165) is 17.0 Å². The molecule has 1 N–H and O–H groups in total. The number of thioether (sulfide) groups is 1. The van der Waals surface area contributed by atoms with Crippen LogP contribution in [0.3, 0.4) is 0 Å². The third kappa shape index (κ3) is 5.62. The van der Waals surface area contributed by atoms with Crippen LogP contribution in [0.1, 0.15) is 48.0 Å². The summed E-state index contributed by atoms with van der Waals surface area (Å²) in [7, 11) is 0. The second-order valence-electron chi connectivity index (χ2n) is 6.40. The van der Waals surface area contributed by atoms with Crippen molar-refractivity contribution in [3.05, 3.63) is 0 Å². The molecule has 102 valence electrons. The molecule has 0 bridgehead atoms. The standard InChI is InChI=1S/C14H30N2S/c1-7-13(8-15-14(4,5)6)16-9-11(2)17-12(3)10-16/h11-13,15H,7-10H2,1-6H3. The van der Waals surface area contributed by atoms with Gasteiger partial charge >= 0.3 is 0 Å². The third-order valence-electron chi connectivity index (χ3n) is 3.30. The zero-order chi connectivity index (χ0) is 13.1. The van der Waals surface area contributed by atoms with Gasteiger partial charge in [-0.25, -0.2) is 0 Å². The Morgan fingerprint density at radius 1 is 1.24 bits per heavy atom. The Bertz CT molecular complexity index is 215. The van der Waals surface area contributed by atoms with E-state index in [1.165, 1.54) is 19.5 Å². The second kappa shape index (κ2) is 6.44. The van der Waals surface area contributed by atoms with Crippen LogP contribution in [0, 0.1) is 0 Å². The molecule has 1 saturated heterocycles. The van der Waals surface area contributed by atoms with Crippen molar-refractivity contribution in [2.24, 2.45) is 0 Å². The Morgan fingerprint density at radius 2 is 1.76 bits per heavy atom. The topological polar surface area (TPSA) is 15.3 Å². The van der Waals surface area contributed by atoms with Crippen LogP contribution in [0.2, 0.25) is 0 Å². The molecule has 1 heterocycles. The molecule has 0 aliphatic carbocycles. The molecule has 1 fully saturated rings. The molecule has 0 amide bonds. The maximum atomic E-state index is 3.65. The fraction of sp³-hybridized carbons (Fsp3) is 1.00. The Morgan fingerprint density at radius 3 is 2.18 bits per heavy atom. The van der Waals surface area contributed by atoms with Crippen molar-refractivity contribution in [1.82, 2.24) is 10.2 Å². The second-order valence-corrected chi connectivity index (χ2v) is 8.29. The Labute approximate surface area is 112 Å². The quantitative estimate of drug-likeness (QED) is 0.834. The minimum atomic E-state index is 0.231. The summed E-state index contributed by atoms with van der Waals surface area (Å²) in [5, 5.41) is 5.21. The first-order valence-corrected chi connectivity index (χ1v) is 7.90. The van der Waals surface area contributed by atoms with Gasteiger partial charge in [0.1, 0.15) is 0 Å². The molecule has 1 aliphatic rings. The Hall–Kier alpha value is 0.270. The predicted molar refractivity (Wildman–Crippen MR) is 79.9 cm³/mol. The van der Waals surface area contributed by atoms with E-state index in [-0.39, 0.29) is 5.54 Å².